The highest BCUT2D eigenvalue weighted by Crippen LogP contribution is 2.26. The number of phenols is 1. The highest BCUT2D eigenvalue weighted by atomic mass is 79.9. The molecule has 2 aromatic rings. The van der Waals surface area contributed by atoms with Gasteiger partial charge in [-0.15, -0.1) is 0 Å². The summed E-state index contributed by atoms with van der Waals surface area (Å²) in [5, 5.41) is 13.7. The Morgan fingerprint density at radius 1 is 1.19 bits per heavy atom. The maximum atomic E-state index is 12.8. The van der Waals surface area contributed by atoms with Crippen LogP contribution in [-0.4, -0.2) is 74.2 Å². The fraction of sp³-hybridized carbons (Fsp3) is 0.333. The van der Waals surface area contributed by atoms with Crippen LogP contribution >= 0.6 is 15.9 Å². The van der Waals surface area contributed by atoms with Gasteiger partial charge >= 0.3 is 0 Å². The first-order chi connectivity index (χ1) is 15.3. The van der Waals surface area contributed by atoms with Crippen molar-refractivity contribution in [3.8, 4) is 11.5 Å². The summed E-state index contributed by atoms with van der Waals surface area (Å²) in [7, 11) is -3.55. The number of aromatic hydroxyl groups is 1. The van der Waals surface area contributed by atoms with Gasteiger partial charge in [-0.3, -0.25) is 9.69 Å². The van der Waals surface area contributed by atoms with E-state index in [-0.39, 0.29) is 23.1 Å². The monoisotopic (exact) mass is 524 g/mol. The Morgan fingerprint density at radius 3 is 2.53 bits per heavy atom. The summed E-state index contributed by atoms with van der Waals surface area (Å²) in [5.41, 5.74) is 3.13. The number of ether oxygens (including phenoxy) is 1. The van der Waals surface area contributed by atoms with Crippen molar-refractivity contribution in [2.45, 2.75) is 11.8 Å². The zero-order valence-corrected chi connectivity index (χ0v) is 20.0. The van der Waals surface area contributed by atoms with E-state index in [1.807, 2.05) is 11.8 Å². The normalized spacial score (nSPS) is 15.7. The van der Waals surface area contributed by atoms with Crippen LogP contribution in [0.5, 0.6) is 11.5 Å². The van der Waals surface area contributed by atoms with Crippen LogP contribution in [0.2, 0.25) is 0 Å². The molecule has 2 N–H and O–H groups in total. The minimum absolute atomic E-state index is 0.0364. The van der Waals surface area contributed by atoms with Crippen molar-refractivity contribution in [3.63, 3.8) is 0 Å². The third kappa shape index (κ3) is 6.28. The predicted molar refractivity (Wildman–Crippen MR) is 124 cm³/mol. The molecule has 172 valence electrons. The molecule has 0 unspecified atom stereocenters. The van der Waals surface area contributed by atoms with Gasteiger partial charge in [0.2, 0.25) is 10.0 Å². The number of amides is 1. The molecular formula is C21H25BrN4O5S. The number of hydrogen-bond acceptors (Lipinski definition) is 7. The number of piperazine rings is 1. The molecule has 1 aliphatic heterocycles. The number of carbonyl (C=O) groups excluding carboxylic acids is 1. The highest BCUT2D eigenvalue weighted by molar-refractivity contribution is 9.10. The van der Waals surface area contributed by atoms with Crippen molar-refractivity contribution in [1.29, 1.82) is 0 Å². The number of carbonyl (C=O) groups is 1. The molecule has 32 heavy (non-hydrogen) atoms. The summed E-state index contributed by atoms with van der Waals surface area (Å²) in [6.07, 6.45) is 1.46. The van der Waals surface area contributed by atoms with Crippen LogP contribution in [0.1, 0.15) is 12.5 Å². The molecule has 1 saturated heterocycles. The maximum Gasteiger partial charge on any atom is 0.254 e. The van der Waals surface area contributed by atoms with Crippen LogP contribution in [0.15, 0.2) is 56.9 Å². The molecule has 0 saturated carbocycles. The average molecular weight is 525 g/mol. The molecule has 0 aliphatic carbocycles. The van der Waals surface area contributed by atoms with Crippen molar-refractivity contribution >= 4 is 38.1 Å². The minimum Gasteiger partial charge on any atom is -0.504 e. The zero-order valence-electron chi connectivity index (χ0n) is 17.6. The molecule has 2 aromatic carbocycles. The molecule has 1 amide bonds. The van der Waals surface area contributed by atoms with Crippen molar-refractivity contribution in [2.75, 3.05) is 39.3 Å². The lowest BCUT2D eigenvalue weighted by atomic mass is 10.2. The molecule has 1 heterocycles. The Balaban J connectivity index is 1.48. The molecule has 0 spiro atoms. The standard InChI is InChI=1S/C21H25BrN4O5S/c1-2-31-20-13-16(3-8-19(20)27)14-23-24-21(28)15-25-9-11-26(12-10-25)32(29,30)18-6-4-17(22)5-7-18/h3-8,13-14,27H,2,9-12,15H2,1H3,(H,24,28)/b23-14-. The molecule has 1 fully saturated rings. The predicted octanol–water partition coefficient (Wildman–Crippen LogP) is 2.01. The Kier molecular flexibility index (Phi) is 8.24. The van der Waals surface area contributed by atoms with Crippen LogP contribution in [-0.2, 0) is 14.8 Å². The smallest absolute Gasteiger partial charge is 0.254 e. The molecule has 0 atom stereocenters. The van der Waals surface area contributed by atoms with E-state index in [4.69, 9.17) is 4.74 Å². The van der Waals surface area contributed by atoms with E-state index in [9.17, 15) is 18.3 Å². The number of nitrogens with zero attached hydrogens (tertiary/aromatic N) is 3. The Bertz CT molecular complexity index is 1070. The van der Waals surface area contributed by atoms with Crippen molar-refractivity contribution in [1.82, 2.24) is 14.6 Å². The third-order valence-electron chi connectivity index (χ3n) is 4.84. The van der Waals surface area contributed by atoms with Gasteiger partial charge in [0.15, 0.2) is 11.5 Å². The van der Waals surface area contributed by atoms with Gasteiger partial charge in [0, 0.05) is 30.7 Å². The Morgan fingerprint density at radius 2 is 1.88 bits per heavy atom. The van der Waals surface area contributed by atoms with E-state index >= 15 is 0 Å². The number of hydrogen-bond donors (Lipinski definition) is 2. The number of rotatable bonds is 8. The number of phenolic OH excluding ortho intramolecular Hbond substituents is 1. The van der Waals surface area contributed by atoms with Crippen LogP contribution in [0, 0.1) is 0 Å². The van der Waals surface area contributed by atoms with E-state index in [0.717, 1.165) is 4.47 Å². The SMILES string of the molecule is CCOc1cc(/C=N\NC(=O)CN2CCN(S(=O)(=O)c3ccc(Br)cc3)CC2)ccc1O. The second-order valence-corrected chi connectivity index (χ2v) is 9.94. The Labute approximate surface area is 195 Å². The molecule has 3 rings (SSSR count). The summed E-state index contributed by atoms with van der Waals surface area (Å²) in [5.74, 6) is 0.0855. The molecule has 1 aliphatic rings. The number of sulfonamides is 1. The van der Waals surface area contributed by atoms with Crippen LogP contribution in [0.3, 0.4) is 0 Å². The molecular weight excluding hydrogens is 500 g/mol. The van der Waals surface area contributed by atoms with Crippen molar-refractivity contribution in [3.05, 3.63) is 52.5 Å². The molecule has 11 heteroatoms. The van der Waals surface area contributed by atoms with Gasteiger partial charge in [0.25, 0.3) is 5.91 Å². The molecule has 9 nitrogen and oxygen atoms in total. The van der Waals surface area contributed by atoms with Gasteiger partial charge in [-0.1, -0.05) is 15.9 Å². The second kappa shape index (κ2) is 10.9. The van der Waals surface area contributed by atoms with Gasteiger partial charge in [-0.25, -0.2) is 13.8 Å². The highest BCUT2D eigenvalue weighted by Gasteiger charge is 2.28. The van der Waals surface area contributed by atoms with Gasteiger partial charge < -0.3 is 9.84 Å². The lowest BCUT2D eigenvalue weighted by Crippen LogP contribution is -2.50. The molecule has 0 radical (unpaired) electrons. The van der Waals surface area contributed by atoms with Gasteiger partial charge in [-0.05, 0) is 55.0 Å². The first-order valence-corrected chi connectivity index (χ1v) is 12.3. The second-order valence-electron chi connectivity index (χ2n) is 7.09. The first kappa shape index (κ1) is 24.2. The van der Waals surface area contributed by atoms with Gasteiger partial charge in [-0.2, -0.15) is 9.41 Å². The maximum absolute atomic E-state index is 12.8. The summed E-state index contributed by atoms with van der Waals surface area (Å²) in [6, 6.07) is 11.3. The number of benzene rings is 2. The lowest BCUT2D eigenvalue weighted by molar-refractivity contribution is -0.122. The quantitative estimate of drug-likeness (QED) is 0.403. The minimum atomic E-state index is -3.55. The van der Waals surface area contributed by atoms with E-state index in [2.05, 4.69) is 26.5 Å². The third-order valence-corrected chi connectivity index (χ3v) is 7.28. The van der Waals surface area contributed by atoms with Gasteiger partial charge in [0.1, 0.15) is 0 Å². The van der Waals surface area contributed by atoms with E-state index in [1.54, 1.807) is 36.4 Å². The number of hydrazone groups is 1. The van der Waals surface area contributed by atoms with E-state index in [1.165, 1.54) is 16.6 Å². The molecule has 0 aromatic heterocycles. The fourth-order valence-electron chi connectivity index (χ4n) is 3.18. The van der Waals surface area contributed by atoms with E-state index in [0.29, 0.717) is 44.1 Å². The first-order valence-electron chi connectivity index (χ1n) is 10.1. The fourth-order valence-corrected chi connectivity index (χ4v) is 4.87. The molecule has 0 bridgehead atoms. The summed E-state index contributed by atoms with van der Waals surface area (Å²) >= 11 is 3.30. The summed E-state index contributed by atoms with van der Waals surface area (Å²) < 4.78 is 33.1. The number of nitrogens with one attached hydrogen (secondary N) is 1. The average Bonchev–Trinajstić information content (AvgIpc) is 2.77. The topological polar surface area (TPSA) is 112 Å². The van der Waals surface area contributed by atoms with Crippen molar-refractivity contribution < 1.29 is 23.1 Å². The Hall–Kier alpha value is -2.47. The zero-order chi connectivity index (χ0) is 23.1. The van der Waals surface area contributed by atoms with Crippen LogP contribution in [0.25, 0.3) is 0 Å². The lowest BCUT2D eigenvalue weighted by Gasteiger charge is -2.33. The van der Waals surface area contributed by atoms with Gasteiger partial charge in [0.05, 0.1) is 24.3 Å². The van der Waals surface area contributed by atoms with Crippen LogP contribution < -0.4 is 10.2 Å². The number of halogens is 1. The van der Waals surface area contributed by atoms with Crippen molar-refractivity contribution in [2.24, 2.45) is 5.10 Å². The van der Waals surface area contributed by atoms with E-state index < -0.39 is 10.0 Å². The van der Waals surface area contributed by atoms with Crippen LogP contribution in [0.4, 0.5) is 0 Å². The largest absolute Gasteiger partial charge is 0.504 e. The summed E-state index contributed by atoms with van der Waals surface area (Å²) in [4.78, 5) is 14.3. The summed E-state index contributed by atoms with van der Waals surface area (Å²) in [6.45, 7) is 3.86.